The first-order valence-corrected chi connectivity index (χ1v) is 6.64. The van der Waals surface area contributed by atoms with Gasteiger partial charge in [-0.1, -0.05) is 0 Å². The molecule has 3 nitrogen and oxygen atoms in total. The molecule has 0 saturated carbocycles. The molecule has 18 heavy (non-hydrogen) atoms. The molecule has 1 aliphatic rings. The summed E-state index contributed by atoms with van der Waals surface area (Å²) in [4.78, 5) is 0. The largest absolute Gasteiger partial charge is 0.496 e. The van der Waals surface area contributed by atoms with Gasteiger partial charge in [-0.15, -0.1) is 0 Å². The molecule has 1 aromatic rings. The van der Waals surface area contributed by atoms with Gasteiger partial charge in [-0.3, -0.25) is 0 Å². The lowest BCUT2D eigenvalue weighted by molar-refractivity contribution is -0.0481. The van der Waals surface area contributed by atoms with Gasteiger partial charge in [0.05, 0.1) is 32.8 Å². The second-order valence-electron chi connectivity index (χ2n) is 4.84. The highest BCUT2D eigenvalue weighted by Gasteiger charge is 2.42. The Labute approximate surface area is 114 Å². The van der Waals surface area contributed by atoms with Gasteiger partial charge in [0.2, 0.25) is 0 Å². The summed E-state index contributed by atoms with van der Waals surface area (Å²) in [6, 6.07) is 2.07. The van der Waals surface area contributed by atoms with Gasteiger partial charge in [0.25, 0.3) is 0 Å². The van der Waals surface area contributed by atoms with E-state index < -0.39 is 0 Å². The van der Waals surface area contributed by atoms with Crippen LogP contribution in [0.1, 0.15) is 16.7 Å². The summed E-state index contributed by atoms with van der Waals surface area (Å²) in [6.07, 6.45) is 0. The number of thiol groups is 1. The third-order valence-corrected chi connectivity index (χ3v) is 4.45. The highest BCUT2D eigenvalue weighted by molar-refractivity contribution is 7.80. The molecule has 0 spiro atoms. The van der Waals surface area contributed by atoms with E-state index >= 15 is 0 Å². The first-order valence-electron chi connectivity index (χ1n) is 6.01. The van der Waals surface area contributed by atoms with Crippen molar-refractivity contribution in [1.82, 2.24) is 0 Å². The minimum atomic E-state index is -0.0415. The maximum atomic E-state index is 5.60. The average molecular weight is 268 g/mol. The molecule has 0 amide bonds. The summed E-state index contributed by atoms with van der Waals surface area (Å²) in [5, 5.41) is 0. The molecule has 0 N–H and O–H groups in total. The normalized spacial score (nSPS) is 17.2. The first-order chi connectivity index (χ1) is 8.59. The third-order valence-electron chi connectivity index (χ3n) is 3.85. The van der Waals surface area contributed by atoms with Crippen molar-refractivity contribution in [3.63, 3.8) is 0 Å². The fourth-order valence-electron chi connectivity index (χ4n) is 2.41. The molecule has 1 aromatic carbocycles. The highest BCUT2D eigenvalue weighted by Crippen LogP contribution is 2.44. The van der Waals surface area contributed by atoms with Gasteiger partial charge in [0.1, 0.15) is 11.5 Å². The SMILES string of the molecule is COc1cc(C2(CS)COC2)c(OC)c(C)c1C. The Balaban J connectivity index is 2.61. The Morgan fingerprint density at radius 1 is 1.22 bits per heavy atom. The molecule has 0 bridgehead atoms. The molecule has 2 rings (SSSR count). The summed E-state index contributed by atoms with van der Waals surface area (Å²) in [6.45, 7) is 5.49. The number of ether oxygens (including phenoxy) is 3. The number of hydrogen-bond acceptors (Lipinski definition) is 4. The van der Waals surface area contributed by atoms with Gasteiger partial charge in [0.15, 0.2) is 0 Å². The Bertz CT molecular complexity index is 447. The predicted octanol–water partition coefficient (Wildman–Crippen LogP) is 2.52. The number of hydrogen-bond donors (Lipinski definition) is 1. The number of benzene rings is 1. The van der Waals surface area contributed by atoms with Crippen LogP contribution in [0.4, 0.5) is 0 Å². The number of rotatable bonds is 4. The van der Waals surface area contributed by atoms with Crippen LogP contribution in [-0.2, 0) is 10.2 Å². The van der Waals surface area contributed by atoms with Gasteiger partial charge >= 0.3 is 0 Å². The van der Waals surface area contributed by atoms with Crippen LogP contribution in [0, 0.1) is 13.8 Å². The summed E-state index contributed by atoms with van der Waals surface area (Å²) in [5.41, 5.74) is 3.35. The summed E-state index contributed by atoms with van der Waals surface area (Å²) in [7, 11) is 3.41. The van der Waals surface area contributed by atoms with Crippen molar-refractivity contribution in [2.75, 3.05) is 33.2 Å². The molecule has 1 heterocycles. The van der Waals surface area contributed by atoms with Gasteiger partial charge < -0.3 is 14.2 Å². The van der Waals surface area contributed by atoms with Crippen molar-refractivity contribution in [2.24, 2.45) is 0 Å². The topological polar surface area (TPSA) is 27.7 Å². The molecule has 4 heteroatoms. The molecule has 1 fully saturated rings. The lowest BCUT2D eigenvalue weighted by Crippen LogP contribution is -2.48. The zero-order chi connectivity index (χ0) is 13.3. The van der Waals surface area contributed by atoms with Crippen LogP contribution in [-0.4, -0.2) is 33.2 Å². The van der Waals surface area contributed by atoms with E-state index in [1.165, 1.54) is 0 Å². The van der Waals surface area contributed by atoms with Crippen molar-refractivity contribution in [1.29, 1.82) is 0 Å². The fraction of sp³-hybridized carbons (Fsp3) is 0.571. The Morgan fingerprint density at radius 3 is 2.28 bits per heavy atom. The van der Waals surface area contributed by atoms with E-state index in [9.17, 15) is 0 Å². The molecular weight excluding hydrogens is 248 g/mol. The second-order valence-corrected chi connectivity index (χ2v) is 5.16. The van der Waals surface area contributed by atoms with Crippen LogP contribution < -0.4 is 9.47 Å². The Morgan fingerprint density at radius 2 is 1.89 bits per heavy atom. The first kappa shape index (κ1) is 13.6. The van der Waals surface area contributed by atoms with Crippen molar-refractivity contribution in [2.45, 2.75) is 19.3 Å². The molecule has 1 aliphatic heterocycles. The number of methoxy groups -OCH3 is 2. The van der Waals surface area contributed by atoms with Gasteiger partial charge in [-0.2, -0.15) is 12.6 Å². The fourth-order valence-corrected chi connectivity index (χ4v) is 2.76. The van der Waals surface area contributed by atoms with E-state index in [-0.39, 0.29) is 5.41 Å². The van der Waals surface area contributed by atoms with Crippen LogP contribution >= 0.6 is 12.6 Å². The van der Waals surface area contributed by atoms with E-state index in [0.717, 1.165) is 33.9 Å². The molecule has 100 valence electrons. The zero-order valence-corrected chi connectivity index (χ0v) is 12.3. The van der Waals surface area contributed by atoms with Crippen molar-refractivity contribution in [3.05, 3.63) is 22.8 Å². The van der Waals surface area contributed by atoms with Gasteiger partial charge in [0, 0.05) is 11.3 Å². The standard InChI is InChI=1S/C14H20O3S/c1-9-10(2)13(16-4)11(5-12(9)15-3)14(8-18)6-17-7-14/h5,18H,6-8H2,1-4H3. The van der Waals surface area contributed by atoms with Crippen molar-refractivity contribution >= 4 is 12.6 Å². The minimum absolute atomic E-state index is 0.0415. The van der Waals surface area contributed by atoms with E-state index in [2.05, 4.69) is 25.6 Å². The maximum Gasteiger partial charge on any atom is 0.126 e. The highest BCUT2D eigenvalue weighted by atomic mass is 32.1. The summed E-state index contributed by atoms with van der Waals surface area (Å²) >= 11 is 4.48. The third kappa shape index (κ3) is 1.88. The minimum Gasteiger partial charge on any atom is -0.496 e. The predicted molar refractivity (Wildman–Crippen MR) is 75.4 cm³/mol. The quantitative estimate of drug-likeness (QED) is 0.850. The van der Waals surface area contributed by atoms with E-state index in [4.69, 9.17) is 14.2 Å². The lowest BCUT2D eigenvalue weighted by Gasteiger charge is -2.42. The summed E-state index contributed by atoms with van der Waals surface area (Å²) < 4.78 is 16.4. The molecule has 0 atom stereocenters. The maximum absolute atomic E-state index is 5.60. The van der Waals surface area contributed by atoms with E-state index in [1.54, 1.807) is 14.2 Å². The van der Waals surface area contributed by atoms with Crippen LogP contribution in [0.2, 0.25) is 0 Å². The second kappa shape index (κ2) is 5.02. The molecule has 0 unspecified atom stereocenters. The molecular formula is C14H20O3S. The Kier molecular flexibility index (Phi) is 3.78. The summed E-state index contributed by atoms with van der Waals surface area (Å²) in [5.74, 6) is 2.58. The zero-order valence-electron chi connectivity index (χ0n) is 11.4. The van der Waals surface area contributed by atoms with Crippen LogP contribution in [0.15, 0.2) is 6.07 Å². The molecule has 0 aliphatic carbocycles. The van der Waals surface area contributed by atoms with Gasteiger partial charge in [-0.25, -0.2) is 0 Å². The molecule has 0 radical (unpaired) electrons. The molecule has 1 saturated heterocycles. The van der Waals surface area contributed by atoms with Crippen LogP contribution in [0.5, 0.6) is 11.5 Å². The smallest absolute Gasteiger partial charge is 0.126 e. The monoisotopic (exact) mass is 268 g/mol. The average Bonchev–Trinajstić information content (AvgIpc) is 2.33. The van der Waals surface area contributed by atoms with E-state index in [1.807, 2.05) is 6.92 Å². The lowest BCUT2D eigenvalue weighted by atomic mass is 9.78. The van der Waals surface area contributed by atoms with Crippen LogP contribution in [0.25, 0.3) is 0 Å². The van der Waals surface area contributed by atoms with Crippen molar-refractivity contribution in [3.8, 4) is 11.5 Å². The molecule has 0 aromatic heterocycles. The van der Waals surface area contributed by atoms with E-state index in [0.29, 0.717) is 13.2 Å². The Hall–Kier alpha value is -0.870. The van der Waals surface area contributed by atoms with Crippen LogP contribution in [0.3, 0.4) is 0 Å². The van der Waals surface area contributed by atoms with Gasteiger partial charge in [-0.05, 0) is 31.0 Å². The van der Waals surface area contributed by atoms with Crippen molar-refractivity contribution < 1.29 is 14.2 Å².